The van der Waals surface area contributed by atoms with Crippen LogP contribution in [0.25, 0.3) is 0 Å². The zero-order valence-electron chi connectivity index (χ0n) is 12.7. The molecule has 1 aromatic heterocycles. The minimum Gasteiger partial charge on any atom is -0.409 e. The summed E-state index contributed by atoms with van der Waals surface area (Å²) in [6.45, 7) is 3.95. The summed E-state index contributed by atoms with van der Waals surface area (Å²) in [7, 11) is 2.23. The molecule has 21 heavy (non-hydrogen) atoms. The molecule has 6 heteroatoms. The minimum absolute atomic E-state index is 0.134. The van der Waals surface area contributed by atoms with Gasteiger partial charge in [-0.15, -0.1) is 0 Å². The van der Waals surface area contributed by atoms with Gasteiger partial charge in [-0.05, 0) is 45.4 Å². The Labute approximate surface area is 125 Å². The first-order valence-corrected chi connectivity index (χ1v) is 7.52. The van der Waals surface area contributed by atoms with Gasteiger partial charge in [-0.1, -0.05) is 5.16 Å². The van der Waals surface area contributed by atoms with E-state index in [1.165, 1.54) is 19.3 Å². The standard InChI is InChI=1S/C15H23N5O/c1-10-7-11(15(16)18-21)8-14(17-10)20-6-5-12-3-4-13(9-20)19(12)2/h7-8,12-13,21H,3-6,9H2,1-2H3,(H2,16,18). The Morgan fingerprint density at radius 2 is 2.10 bits per heavy atom. The Hall–Kier alpha value is -1.82. The largest absolute Gasteiger partial charge is 0.409 e. The summed E-state index contributed by atoms with van der Waals surface area (Å²) in [4.78, 5) is 9.49. The highest BCUT2D eigenvalue weighted by Crippen LogP contribution is 2.30. The van der Waals surface area contributed by atoms with E-state index >= 15 is 0 Å². The van der Waals surface area contributed by atoms with Crippen molar-refractivity contribution >= 4 is 11.7 Å². The van der Waals surface area contributed by atoms with Crippen LogP contribution in [0, 0.1) is 6.92 Å². The van der Waals surface area contributed by atoms with Gasteiger partial charge in [-0.25, -0.2) is 4.98 Å². The number of anilines is 1. The highest BCUT2D eigenvalue weighted by molar-refractivity contribution is 5.97. The van der Waals surface area contributed by atoms with E-state index in [9.17, 15) is 0 Å². The third-order valence-corrected chi connectivity index (χ3v) is 4.82. The lowest BCUT2D eigenvalue weighted by molar-refractivity contribution is 0.254. The van der Waals surface area contributed by atoms with Crippen LogP contribution in [0.2, 0.25) is 0 Å². The predicted octanol–water partition coefficient (Wildman–Crippen LogP) is 1.16. The van der Waals surface area contributed by atoms with Crippen LogP contribution >= 0.6 is 0 Å². The quantitative estimate of drug-likeness (QED) is 0.370. The third-order valence-electron chi connectivity index (χ3n) is 4.82. The van der Waals surface area contributed by atoms with E-state index in [4.69, 9.17) is 10.9 Å². The molecule has 0 spiro atoms. The lowest BCUT2D eigenvalue weighted by atomic mass is 10.1. The number of oxime groups is 1. The molecule has 0 aromatic carbocycles. The zero-order chi connectivity index (χ0) is 15.0. The van der Waals surface area contributed by atoms with Crippen molar-refractivity contribution < 1.29 is 5.21 Å². The first-order valence-electron chi connectivity index (χ1n) is 7.52. The van der Waals surface area contributed by atoms with Crippen LogP contribution in [-0.4, -0.2) is 53.1 Å². The maximum Gasteiger partial charge on any atom is 0.170 e. The smallest absolute Gasteiger partial charge is 0.170 e. The maximum atomic E-state index is 8.87. The number of rotatable bonds is 2. The van der Waals surface area contributed by atoms with Crippen molar-refractivity contribution in [3.8, 4) is 0 Å². The fraction of sp³-hybridized carbons (Fsp3) is 0.600. The topological polar surface area (TPSA) is 78.0 Å². The van der Waals surface area contributed by atoms with E-state index in [-0.39, 0.29) is 5.84 Å². The lowest BCUT2D eigenvalue weighted by Crippen LogP contribution is -2.37. The van der Waals surface area contributed by atoms with Gasteiger partial charge in [-0.3, -0.25) is 4.90 Å². The summed E-state index contributed by atoms with van der Waals surface area (Å²) in [6.07, 6.45) is 3.74. The molecule has 0 amide bonds. The molecule has 3 rings (SSSR count). The molecule has 0 radical (unpaired) electrons. The van der Waals surface area contributed by atoms with Gasteiger partial charge in [0, 0.05) is 36.4 Å². The van der Waals surface area contributed by atoms with Gasteiger partial charge in [0.1, 0.15) is 5.82 Å². The normalized spacial score (nSPS) is 27.0. The summed E-state index contributed by atoms with van der Waals surface area (Å²) in [5.74, 6) is 1.06. The second-order valence-corrected chi connectivity index (χ2v) is 6.13. The summed E-state index contributed by atoms with van der Waals surface area (Å²) in [5, 5.41) is 12.0. The Kier molecular flexibility index (Phi) is 3.71. The molecule has 1 aromatic rings. The molecule has 3 heterocycles. The van der Waals surface area contributed by atoms with Gasteiger partial charge in [-0.2, -0.15) is 0 Å². The van der Waals surface area contributed by atoms with Crippen LogP contribution in [0.5, 0.6) is 0 Å². The molecular formula is C15H23N5O. The molecule has 2 unspecified atom stereocenters. The number of fused-ring (bicyclic) bond motifs is 2. The van der Waals surface area contributed by atoms with Crippen molar-refractivity contribution in [1.29, 1.82) is 0 Å². The molecule has 2 fully saturated rings. The number of likely N-dealkylation sites (N-methyl/N-ethyl adjacent to an activating group) is 1. The second kappa shape index (κ2) is 5.52. The summed E-state index contributed by atoms with van der Waals surface area (Å²) in [5.41, 5.74) is 7.33. The molecule has 2 aliphatic rings. The summed E-state index contributed by atoms with van der Waals surface area (Å²) in [6, 6.07) is 5.07. The zero-order valence-corrected chi connectivity index (χ0v) is 12.7. The second-order valence-electron chi connectivity index (χ2n) is 6.13. The van der Waals surface area contributed by atoms with Crippen molar-refractivity contribution in [3.05, 3.63) is 23.4 Å². The SMILES string of the molecule is Cc1cc(/C(N)=N/O)cc(N2CCC3CCC(C2)N3C)n1. The Bertz CT molecular complexity index is 559. The number of hydrogen-bond acceptors (Lipinski definition) is 5. The number of nitrogens with two attached hydrogens (primary N) is 1. The van der Waals surface area contributed by atoms with Gasteiger partial charge in [0.05, 0.1) is 0 Å². The van der Waals surface area contributed by atoms with Gasteiger partial charge in [0.15, 0.2) is 5.84 Å². The van der Waals surface area contributed by atoms with E-state index in [2.05, 4.69) is 27.0 Å². The first-order chi connectivity index (χ1) is 10.1. The number of hydrogen-bond donors (Lipinski definition) is 2. The van der Waals surface area contributed by atoms with Crippen LogP contribution < -0.4 is 10.6 Å². The van der Waals surface area contributed by atoms with Crippen LogP contribution in [0.4, 0.5) is 5.82 Å². The maximum absolute atomic E-state index is 8.87. The van der Waals surface area contributed by atoms with E-state index in [1.54, 1.807) is 0 Å². The highest BCUT2D eigenvalue weighted by atomic mass is 16.4. The summed E-state index contributed by atoms with van der Waals surface area (Å²) < 4.78 is 0. The van der Waals surface area contributed by atoms with Crippen LogP contribution in [-0.2, 0) is 0 Å². The van der Waals surface area contributed by atoms with Crippen molar-refractivity contribution in [2.75, 3.05) is 25.0 Å². The molecule has 0 saturated carbocycles. The highest BCUT2D eigenvalue weighted by Gasteiger charge is 2.35. The van der Waals surface area contributed by atoms with Gasteiger partial charge >= 0.3 is 0 Å². The molecule has 2 bridgehead atoms. The number of aromatic nitrogens is 1. The summed E-state index contributed by atoms with van der Waals surface area (Å²) >= 11 is 0. The minimum atomic E-state index is 0.134. The number of aryl methyl sites for hydroxylation is 1. The Morgan fingerprint density at radius 1 is 1.33 bits per heavy atom. The van der Waals surface area contributed by atoms with E-state index in [0.29, 0.717) is 12.1 Å². The molecular weight excluding hydrogens is 266 g/mol. The molecule has 3 N–H and O–H groups in total. The van der Waals surface area contributed by atoms with Crippen LogP contribution in [0.15, 0.2) is 17.3 Å². The van der Waals surface area contributed by atoms with E-state index in [0.717, 1.165) is 30.2 Å². The number of pyridine rings is 1. The first kappa shape index (κ1) is 14.1. The monoisotopic (exact) mass is 289 g/mol. The van der Waals surface area contributed by atoms with Crippen molar-refractivity contribution in [1.82, 2.24) is 9.88 Å². The van der Waals surface area contributed by atoms with Crippen molar-refractivity contribution in [3.63, 3.8) is 0 Å². The van der Waals surface area contributed by atoms with Gasteiger partial charge in [0.25, 0.3) is 0 Å². The van der Waals surface area contributed by atoms with E-state index in [1.807, 2.05) is 19.1 Å². The average Bonchev–Trinajstić information content (AvgIpc) is 2.70. The van der Waals surface area contributed by atoms with Crippen molar-refractivity contribution in [2.24, 2.45) is 10.9 Å². The molecule has 114 valence electrons. The number of nitrogens with zero attached hydrogens (tertiary/aromatic N) is 4. The molecule has 2 atom stereocenters. The molecule has 6 nitrogen and oxygen atoms in total. The van der Waals surface area contributed by atoms with Crippen LogP contribution in [0.1, 0.15) is 30.5 Å². The predicted molar refractivity (Wildman–Crippen MR) is 82.9 cm³/mol. The Balaban J connectivity index is 1.88. The van der Waals surface area contributed by atoms with Gasteiger partial charge in [0.2, 0.25) is 0 Å². The molecule has 2 saturated heterocycles. The number of amidine groups is 1. The third kappa shape index (κ3) is 2.68. The molecule has 2 aliphatic heterocycles. The fourth-order valence-electron chi connectivity index (χ4n) is 3.54. The molecule has 0 aliphatic carbocycles. The Morgan fingerprint density at radius 3 is 2.86 bits per heavy atom. The van der Waals surface area contributed by atoms with Gasteiger partial charge < -0.3 is 15.8 Å². The lowest BCUT2D eigenvalue weighted by Gasteiger charge is -2.27. The fourth-order valence-corrected chi connectivity index (χ4v) is 3.54. The van der Waals surface area contributed by atoms with Crippen LogP contribution in [0.3, 0.4) is 0 Å². The van der Waals surface area contributed by atoms with E-state index < -0.39 is 0 Å². The average molecular weight is 289 g/mol. The van der Waals surface area contributed by atoms with Crippen molar-refractivity contribution in [2.45, 2.75) is 38.3 Å².